The molecule has 0 aliphatic heterocycles. The van der Waals surface area contributed by atoms with Crippen molar-refractivity contribution >= 4 is 19.9 Å². The van der Waals surface area contributed by atoms with Crippen LogP contribution in [0.1, 0.15) is 0 Å². The molecule has 0 heterocycles. The first-order chi connectivity index (χ1) is 3.35. The summed E-state index contributed by atoms with van der Waals surface area (Å²) in [5.74, 6) is -0.500. The first-order valence-electron chi connectivity index (χ1n) is 2.05. The molecule has 1 radical (unpaired) electrons. The summed E-state index contributed by atoms with van der Waals surface area (Å²) < 4.78 is 0. The van der Waals surface area contributed by atoms with Crippen molar-refractivity contribution in [2.45, 2.75) is 12.6 Å². The molecule has 0 aliphatic rings. The van der Waals surface area contributed by atoms with Crippen LogP contribution in [0, 0.1) is 0 Å². The Morgan fingerprint density at radius 1 is 1.43 bits per heavy atom. The zero-order chi connectivity index (χ0) is 5.70. The van der Waals surface area contributed by atoms with E-state index in [0.29, 0.717) is 12.6 Å². The van der Waals surface area contributed by atoms with Gasteiger partial charge >= 0.3 is 0 Å². The largest absolute Gasteiger partial charge is 0.303 e. The fourth-order valence-electron chi connectivity index (χ4n) is 0.189. The summed E-state index contributed by atoms with van der Waals surface area (Å²) in [6.07, 6.45) is 1.21. The van der Waals surface area contributed by atoms with E-state index in [1.54, 1.807) is 14.1 Å². The Kier molecular flexibility index (Phi) is 3.28. The Balaban J connectivity index is 3.36. The lowest BCUT2D eigenvalue weighted by Gasteiger charge is -1.86. The molecule has 0 amide bonds. The summed E-state index contributed by atoms with van der Waals surface area (Å²) in [6, 6.07) is 0. The lowest BCUT2D eigenvalue weighted by atomic mass is 9.69. The summed E-state index contributed by atoms with van der Waals surface area (Å²) in [6.45, 7) is 1.67. The monoisotopic (exact) mass is 97.0 g/mol. The van der Waals surface area contributed by atoms with Crippen LogP contribution in [0.15, 0.2) is 0 Å². The van der Waals surface area contributed by atoms with Crippen molar-refractivity contribution in [1.29, 1.82) is 0 Å². The molecule has 7 heavy (non-hydrogen) atoms. The minimum Gasteiger partial charge on any atom is -0.303 e. The number of carbonyl (C=O) groups excluding carboxylic acids is 2. The summed E-state index contributed by atoms with van der Waals surface area (Å²) in [7, 11) is 1.54. The van der Waals surface area contributed by atoms with E-state index in [9.17, 15) is 9.59 Å². The number of aldehydes is 2. The second-order valence-corrected chi connectivity index (χ2v) is 1.18. The summed E-state index contributed by atoms with van der Waals surface area (Å²) in [5, 5.41) is 0. The summed E-state index contributed by atoms with van der Waals surface area (Å²) >= 11 is 0. The van der Waals surface area contributed by atoms with E-state index in [4.69, 9.17) is 0 Å². The van der Waals surface area contributed by atoms with E-state index in [1.165, 1.54) is 0 Å². The van der Waals surface area contributed by atoms with Crippen LogP contribution < -0.4 is 0 Å². The highest BCUT2D eigenvalue weighted by Gasteiger charge is 1.99. The molecule has 0 aromatic carbocycles. The molecule has 0 N–H and O–H groups in total. The van der Waals surface area contributed by atoms with E-state index in [2.05, 4.69) is 0 Å². The van der Waals surface area contributed by atoms with E-state index in [1.807, 2.05) is 0 Å². The van der Waals surface area contributed by atoms with Crippen molar-refractivity contribution in [3.05, 3.63) is 0 Å². The molecule has 37 valence electrons. The fraction of sp³-hybridized carbons (Fsp3) is 0.500. The van der Waals surface area contributed by atoms with Crippen molar-refractivity contribution < 1.29 is 9.59 Å². The second kappa shape index (κ2) is 3.59. The third-order valence-corrected chi connectivity index (χ3v) is 0.699. The molecule has 0 spiro atoms. The molecule has 0 aromatic heterocycles. The lowest BCUT2D eigenvalue weighted by molar-refractivity contribution is -0.114. The summed E-state index contributed by atoms with van der Waals surface area (Å²) in [5.41, 5.74) is 0. The first kappa shape index (κ1) is 6.40. The maximum absolute atomic E-state index is 9.70. The Morgan fingerprint density at radius 3 is 1.86 bits per heavy atom. The van der Waals surface area contributed by atoms with E-state index in [-0.39, 0.29) is 0 Å². The zero-order valence-electron chi connectivity index (χ0n) is 4.13. The van der Waals surface area contributed by atoms with Gasteiger partial charge in [0.2, 0.25) is 0 Å². The van der Waals surface area contributed by atoms with E-state index < -0.39 is 5.82 Å². The second-order valence-electron chi connectivity index (χ2n) is 1.18. The van der Waals surface area contributed by atoms with Gasteiger partial charge in [-0.3, -0.25) is 0 Å². The molecular weight excluding hydrogens is 90.9 g/mol. The number of carbonyl (C=O) groups is 2. The average molecular weight is 96.9 g/mol. The van der Waals surface area contributed by atoms with Gasteiger partial charge < -0.3 is 9.59 Å². The quantitative estimate of drug-likeness (QED) is 0.280. The van der Waals surface area contributed by atoms with Crippen molar-refractivity contribution in [2.75, 3.05) is 0 Å². The van der Waals surface area contributed by atoms with Gasteiger partial charge in [0.15, 0.2) is 0 Å². The Morgan fingerprint density at radius 2 is 1.86 bits per heavy atom. The molecule has 2 nitrogen and oxygen atoms in total. The molecule has 0 saturated carbocycles. The van der Waals surface area contributed by atoms with Crippen molar-refractivity contribution in [1.82, 2.24) is 0 Å². The topological polar surface area (TPSA) is 34.1 Å². The first-order valence-corrected chi connectivity index (χ1v) is 2.05. The van der Waals surface area contributed by atoms with Gasteiger partial charge in [-0.2, -0.15) is 0 Å². The van der Waals surface area contributed by atoms with Crippen LogP contribution in [-0.2, 0) is 9.59 Å². The van der Waals surface area contributed by atoms with Crippen molar-refractivity contribution in [2.24, 2.45) is 0 Å². The van der Waals surface area contributed by atoms with E-state index >= 15 is 0 Å². The maximum atomic E-state index is 9.70. The molecule has 3 heteroatoms. The van der Waals surface area contributed by atoms with Crippen LogP contribution in [0.3, 0.4) is 0 Å². The highest BCUT2D eigenvalue weighted by molar-refractivity contribution is 6.46. The normalized spacial score (nSPS) is 8.29. The lowest BCUT2D eigenvalue weighted by Crippen LogP contribution is -2.01. The van der Waals surface area contributed by atoms with Crippen molar-refractivity contribution in [3.8, 4) is 0 Å². The van der Waals surface area contributed by atoms with Crippen LogP contribution in [0.25, 0.3) is 0 Å². The molecule has 0 bridgehead atoms. The minimum absolute atomic E-state index is 0.500. The maximum Gasteiger partial charge on any atom is 0.129 e. The Bertz CT molecular complexity index is 64.1. The smallest absolute Gasteiger partial charge is 0.129 e. The van der Waals surface area contributed by atoms with Crippen LogP contribution in [-0.4, -0.2) is 19.9 Å². The van der Waals surface area contributed by atoms with Crippen molar-refractivity contribution in [3.63, 3.8) is 0 Å². The molecule has 0 aliphatic carbocycles. The van der Waals surface area contributed by atoms with Crippen LogP contribution >= 0.6 is 0 Å². The standard InChI is InChI=1S/C4H6BO2/c1-5-4(2-6)3-7/h2-4H,1H3. The van der Waals surface area contributed by atoms with Gasteiger partial charge in [0.05, 0.1) is 0 Å². The Hall–Kier alpha value is -0.595. The predicted molar refractivity (Wildman–Crippen MR) is 27.5 cm³/mol. The minimum atomic E-state index is -0.500. The predicted octanol–water partition coefficient (Wildman–Crippen LogP) is -0.0750. The summed E-state index contributed by atoms with van der Waals surface area (Å²) in [4.78, 5) is 19.4. The van der Waals surface area contributed by atoms with E-state index in [0.717, 1.165) is 0 Å². The zero-order valence-corrected chi connectivity index (χ0v) is 4.13. The van der Waals surface area contributed by atoms with Gasteiger partial charge in [0.1, 0.15) is 19.9 Å². The third kappa shape index (κ3) is 2.14. The molecule has 0 fully saturated rings. The van der Waals surface area contributed by atoms with Gasteiger partial charge in [-0.05, 0) is 0 Å². The molecular formula is C4H6BO2. The van der Waals surface area contributed by atoms with Crippen LogP contribution in [0.5, 0.6) is 0 Å². The number of rotatable bonds is 3. The van der Waals surface area contributed by atoms with Crippen LogP contribution in [0.4, 0.5) is 0 Å². The SMILES string of the molecule is C[B]C(C=O)C=O. The molecule has 0 atom stereocenters. The molecule has 0 rings (SSSR count). The van der Waals surface area contributed by atoms with Gasteiger partial charge in [-0.1, -0.05) is 6.82 Å². The van der Waals surface area contributed by atoms with Gasteiger partial charge in [-0.15, -0.1) is 0 Å². The highest BCUT2D eigenvalue weighted by Crippen LogP contribution is 1.87. The van der Waals surface area contributed by atoms with Gasteiger partial charge in [0.25, 0.3) is 0 Å². The average Bonchev–Trinajstić information content (AvgIpc) is 1.72. The Labute approximate surface area is 43.1 Å². The highest BCUT2D eigenvalue weighted by atomic mass is 16.1. The van der Waals surface area contributed by atoms with Crippen LogP contribution in [0.2, 0.25) is 12.6 Å². The fourth-order valence-corrected chi connectivity index (χ4v) is 0.189. The third-order valence-electron chi connectivity index (χ3n) is 0.699. The number of hydrogen-bond acceptors (Lipinski definition) is 2. The van der Waals surface area contributed by atoms with Gasteiger partial charge in [0, 0.05) is 5.82 Å². The molecule has 0 saturated heterocycles. The molecule has 0 aromatic rings. The number of hydrogen-bond donors (Lipinski definition) is 0. The van der Waals surface area contributed by atoms with Gasteiger partial charge in [-0.25, -0.2) is 0 Å². The molecule has 0 unspecified atom stereocenters.